The van der Waals surface area contributed by atoms with Crippen LogP contribution in [-0.2, 0) is 20.5 Å². The molecule has 2 aromatic carbocycles. The molecule has 0 fully saturated rings. The zero-order valence-corrected chi connectivity index (χ0v) is 22.1. The van der Waals surface area contributed by atoms with Crippen molar-refractivity contribution in [2.75, 3.05) is 6.61 Å². The lowest BCUT2D eigenvalue weighted by Crippen LogP contribution is -2.39. The molecule has 1 aromatic heterocycles. The van der Waals surface area contributed by atoms with Crippen molar-refractivity contribution in [2.45, 2.75) is 63.0 Å². The molecule has 188 valence electrons. The average Bonchev–Trinajstić information content (AvgIpc) is 3.26. The second-order valence-corrected chi connectivity index (χ2v) is 11.7. The third-order valence-electron chi connectivity index (χ3n) is 5.21. The van der Waals surface area contributed by atoms with Crippen molar-refractivity contribution in [2.24, 2.45) is 0 Å². The van der Waals surface area contributed by atoms with Gasteiger partial charge in [-0.25, -0.2) is 9.78 Å². The Hall–Kier alpha value is -2.52. The summed E-state index contributed by atoms with van der Waals surface area (Å²) in [4.78, 5) is 18.6. The Balaban J connectivity index is 1.74. The van der Waals surface area contributed by atoms with Crippen LogP contribution in [0.25, 0.3) is 10.6 Å². The van der Waals surface area contributed by atoms with Gasteiger partial charge in [0.1, 0.15) is 10.8 Å². The van der Waals surface area contributed by atoms with Gasteiger partial charge >= 0.3 is 12.1 Å². The highest BCUT2D eigenvalue weighted by Crippen LogP contribution is 2.45. The molecular weight excluding hydrogens is 495 g/mol. The standard InChI is InChI=1S/C26H28F3NO3S2/c1-7-32-23(31)24(3,4)33-20-13-12-19(14-16(20)2)35-25(5,6)21-15-30-22(34-21)17-8-10-18(11-9-17)26(27,28)29/h8-15H,7H2,1-6H3. The van der Waals surface area contributed by atoms with Crippen LogP contribution in [-0.4, -0.2) is 23.2 Å². The molecule has 1 heterocycles. The van der Waals surface area contributed by atoms with Crippen molar-refractivity contribution >= 4 is 29.1 Å². The highest BCUT2D eigenvalue weighted by molar-refractivity contribution is 8.00. The zero-order chi connectivity index (χ0) is 26.0. The highest BCUT2D eigenvalue weighted by Gasteiger charge is 2.33. The molecule has 35 heavy (non-hydrogen) atoms. The van der Waals surface area contributed by atoms with E-state index < -0.39 is 23.3 Å². The maximum atomic E-state index is 12.8. The summed E-state index contributed by atoms with van der Waals surface area (Å²) >= 11 is 3.10. The van der Waals surface area contributed by atoms with E-state index in [0.29, 0.717) is 16.3 Å². The van der Waals surface area contributed by atoms with Crippen LogP contribution in [0.4, 0.5) is 13.2 Å². The summed E-state index contributed by atoms with van der Waals surface area (Å²) in [6.45, 7) is 11.5. The van der Waals surface area contributed by atoms with E-state index in [1.807, 2.05) is 25.1 Å². The molecule has 4 nitrogen and oxygen atoms in total. The van der Waals surface area contributed by atoms with Gasteiger partial charge in [-0.1, -0.05) is 12.1 Å². The predicted molar refractivity (Wildman–Crippen MR) is 134 cm³/mol. The number of benzene rings is 2. The van der Waals surface area contributed by atoms with Gasteiger partial charge in [0.05, 0.1) is 16.9 Å². The largest absolute Gasteiger partial charge is 0.476 e. The summed E-state index contributed by atoms with van der Waals surface area (Å²) in [5, 5.41) is 0.670. The van der Waals surface area contributed by atoms with Crippen LogP contribution in [0.1, 0.15) is 50.6 Å². The molecule has 3 aromatic rings. The number of aromatic nitrogens is 1. The molecule has 0 aliphatic heterocycles. The van der Waals surface area contributed by atoms with Crippen molar-refractivity contribution in [3.8, 4) is 16.3 Å². The number of alkyl halides is 3. The fourth-order valence-corrected chi connectivity index (χ4v) is 5.54. The maximum absolute atomic E-state index is 12.8. The molecule has 3 rings (SSSR count). The number of thioether (sulfide) groups is 1. The van der Waals surface area contributed by atoms with Gasteiger partial charge in [0.2, 0.25) is 0 Å². The van der Waals surface area contributed by atoms with E-state index in [-0.39, 0.29) is 11.4 Å². The SMILES string of the molecule is CCOC(=O)C(C)(C)Oc1ccc(SC(C)(C)c2cnc(-c3ccc(C(F)(F)F)cc3)s2)cc1C. The summed E-state index contributed by atoms with van der Waals surface area (Å²) in [5.74, 6) is 0.181. The molecule has 0 saturated carbocycles. The van der Waals surface area contributed by atoms with E-state index in [1.165, 1.54) is 23.5 Å². The molecule has 0 radical (unpaired) electrons. The van der Waals surface area contributed by atoms with Crippen LogP contribution in [0.15, 0.2) is 53.6 Å². The fourth-order valence-electron chi connectivity index (χ4n) is 3.25. The third-order valence-corrected chi connectivity index (χ3v) is 7.93. The van der Waals surface area contributed by atoms with Crippen molar-refractivity contribution in [1.82, 2.24) is 4.98 Å². The smallest absolute Gasteiger partial charge is 0.416 e. The first-order valence-corrected chi connectivity index (χ1v) is 12.7. The van der Waals surface area contributed by atoms with E-state index >= 15 is 0 Å². The molecule has 9 heteroatoms. The molecule has 0 spiro atoms. The van der Waals surface area contributed by atoms with Crippen LogP contribution in [0, 0.1) is 6.92 Å². The molecular formula is C26H28F3NO3S2. The first-order valence-electron chi connectivity index (χ1n) is 11.0. The molecule has 0 N–H and O–H groups in total. The number of thiazole rings is 1. The topological polar surface area (TPSA) is 48.4 Å². The number of hydrogen-bond acceptors (Lipinski definition) is 6. The third kappa shape index (κ3) is 6.58. The van der Waals surface area contributed by atoms with Gasteiger partial charge in [-0.05, 0) is 77.4 Å². The molecule has 0 aliphatic carbocycles. The Bertz CT molecular complexity index is 1190. The highest BCUT2D eigenvalue weighted by atomic mass is 32.2. The van der Waals surface area contributed by atoms with Gasteiger partial charge in [0.25, 0.3) is 0 Å². The quantitative estimate of drug-likeness (QED) is 0.222. The molecule has 0 saturated heterocycles. The van der Waals surface area contributed by atoms with E-state index in [2.05, 4.69) is 18.8 Å². The number of rotatable bonds is 8. The van der Waals surface area contributed by atoms with Crippen LogP contribution in [0.3, 0.4) is 0 Å². The van der Waals surface area contributed by atoms with Gasteiger partial charge in [-0.15, -0.1) is 23.1 Å². The minimum Gasteiger partial charge on any atom is -0.476 e. The zero-order valence-electron chi connectivity index (χ0n) is 20.4. The lowest BCUT2D eigenvalue weighted by Gasteiger charge is -2.26. The Morgan fingerprint density at radius 2 is 1.71 bits per heavy atom. The van der Waals surface area contributed by atoms with E-state index in [4.69, 9.17) is 9.47 Å². The Kier molecular flexibility index (Phi) is 7.91. The summed E-state index contributed by atoms with van der Waals surface area (Å²) in [6.07, 6.45) is -2.59. The number of ether oxygens (including phenoxy) is 2. The molecule has 0 atom stereocenters. The Morgan fingerprint density at radius 3 is 2.29 bits per heavy atom. The second kappa shape index (κ2) is 10.2. The number of aryl methyl sites for hydroxylation is 1. The summed E-state index contributed by atoms with van der Waals surface area (Å²) in [5.41, 5.74) is -0.247. The second-order valence-electron chi connectivity index (χ2n) is 8.98. The molecule has 0 amide bonds. The van der Waals surface area contributed by atoms with Crippen molar-refractivity contribution in [3.63, 3.8) is 0 Å². The fraction of sp³-hybridized carbons (Fsp3) is 0.385. The van der Waals surface area contributed by atoms with Crippen molar-refractivity contribution in [3.05, 3.63) is 64.7 Å². The van der Waals surface area contributed by atoms with Crippen molar-refractivity contribution in [1.29, 1.82) is 0 Å². The van der Waals surface area contributed by atoms with Gasteiger partial charge in [-0.3, -0.25) is 0 Å². The average molecular weight is 524 g/mol. The normalized spacial score (nSPS) is 12.5. The first-order chi connectivity index (χ1) is 16.2. The number of halogens is 3. The summed E-state index contributed by atoms with van der Waals surface area (Å²) < 4.78 is 49.2. The number of carbonyl (C=O) groups is 1. The van der Waals surface area contributed by atoms with Gasteiger partial charge in [0, 0.05) is 21.5 Å². The monoisotopic (exact) mass is 523 g/mol. The van der Waals surface area contributed by atoms with Gasteiger partial charge in [-0.2, -0.15) is 13.2 Å². The van der Waals surface area contributed by atoms with Crippen LogP contribution in [0.5, 0.6) is 5.75 Å². The minimum atomic E-state index is -4.36. The number of carbonyl (C=O) groups excluding carboxylic acids is 1. The number of hydrogen-bond donors (Lipinski definition) is 0. The number of esters is 1. The number of nitrogens with zero attached hydrogens (tertiary/aromatic N) is 1. The van der Waals surface area contributed by atoms with Gasteiger partial charge in [0.15, 0.2) is 5.60 Å². The summed E-state index contributed by atoms with van der Waals surface area (Å²) in [6, 6.07) is 10.8. The molecule has 0 unspecified atom stereocenters. The van der Waals surface area contributed by atoms with Crippen LogP contribution in [0.2, 0.25) is 0 Å². The van der Waals surface area contributed by atoms with Crippen LogP contribution >= 0.6 is 23.1 Å². The van der Waals surface area contributed by atoms with Gasteiger partial charge < -0.3 is 9.47 Å². The predicted octanol–water partition coefficient (Wildman–Crippen LogP) is 7.89. The summed E-state index contributed by atoms with van der Waals surface area (Å²) in [7, 11) is 0. The Morgan fingerprint density at radius 1 is 1.06 bits per heavy atom. The first kappa shape index (κ1) is 27.1. The van der Waals surface area contributed by atoms with Crippen LogP contribution < -0.4 is 4.74 Å². The maximum Gasteiger partial charge on any atom is 0.416 e. The molecule has 0 aliphatic rings. The van der Waals surface area contributed by atoms with E-state index in [0.717, 1.165) is 27.5 Å². The molecule has 0 bridgehead atoms. The van der Waals surface area contributed by atoms with E-state index in [9.17, 15) is 18.0 Å². The minimum absolute atomic E-state index is 0.285. The lowest BCUT2D eigenvalue weighted by atomic mass is 10.1. The lowest BCUT2D eigenvalue weighted by molar-refractivity contribution is -0.158. The van der Waals surface area contributed by atoms with Crippen molar-refractivity contribution < 1.29 is 27.4 Å². The van der Waals surface area contributed by atoms with E-state index in [1.54, 1.807) is 38.7 Å². The Labute approximate surface area is 211 Å².